The molecule has 0 saturated heterocycles. The Morgan fingerprint density at radius 1 is 1.44 bits per heavy atom. The summed E-state index contributed by atoms with van der Waals surface area (Å²) in [6, 6.07) is 0. The molecule has 0 aliphatic carbocycles. The van der Waals surface area contributed by atoms with Gasteiger partial charge in [0.2, 0.25) is 10.0 Å². The van der Waals surface area contributed by atoms with E-state index in [9.17, 15) is 8.42 Å². The summed E-state index contributed by atoms with van der Waals surface area (Å²) in [5.41, 5.74) is 0.631. The summed E-state index contributed by atoms with van der Waals surface area (Å²) in [5.74, 6) is 0. The van der Waals surface area contributed by atoms with Gasteiger partial charge in [0.05, 0.1) is 11.9 Å². The Hall–Kier alpha value is -0.630. The maximum atomic E-state index is 11.7. The van der Waals surface area contributed by atoms with Crippen LogP contribution in [0.15, 0.2) is 11.1 Å². The molecular formula is C8H17ClN4O2S. The molecule has 1 rings (SSSR count). The number of aryl methyl sites for hydroxylation is 1. The molecule has 0 saturated carbocycles. The Kier molecular flexibility index (Phi) is 5.95. The summed E-state index contributed by atoms with van der Waals surface area (Å²) in [7, 11) is 0.0621. The summed E-state index contributed by atoms with van der Waals surface area (Å²) in [6.07, 6.45) is 1.36. The molecule has 0 radical (unpaired) electrons. The van der Waals surface area contributed by atoms with Gasteiger partial charge >= 0.3 is 0 Å². The molecule has 0 fully saturated rings. The highest BCUT2D eigenvalue weighted by atomic mass is 35.5. The standard InChI is InChI=1S/C8H16N4O2S.ClH/c1-7-8(6-10-12(7)3)15(13,14)11-5-4-9-2;/h6,9,11H,4-5H2,1-3H3;1H. The van der Waals surface area contributed by atoms with E-state index in [2.05, 4.69) is 15.1 Å². The lowest BCUT2D eigenvalue weighted by atomic mass is 10.5. The molecule has 0 aliphatic heterocycles. The van der Waals surface area contributed by atoms with Crippen LogP contribution in [0, 0.1) is 6.92 Å². The van der Waals surface area contributed by atoms with Crippen LogP contribution >= 0.6 is 12.4 Å². The summed E-state index contributed by atoms with van der Waals surface area (Å²) in [6.45, 7) is 2.69. The molecule has 8 heteroatoms. The van der Waals surface area contributed by atoms with Gasteiger partial charge in [0, 0.05) is 20.1 Å². The molecule has 0 aromatic carbocycles. The van der Waals surface area contributed by atoms with Gasteiger partial charge in [-0.25, -0.2) is 13.1 Å². The third kappa shape index (κ3) is 3.44. The van der Waals surface area contributed by atoms with E-state index in [1.165, 1.54) is 10.9 Å². The van der Waals surface area contributed by atoms with Crippen LogP contribution in [0.5, 0.6) is 0 Å². The lowest BCUT2D eigenvalue weighted by Gasteiger charge is -2.05. The van der Waals surface area contributed by atoms with E-state index in [1.807, 2.05) is 0 Å². The monoisotopic (exact) mass is 268 g/mol. The van der Waals surface area contributed by atoms with E-state index in [0.717, 1.165) is 0 Å². The normalized spacial score (nSPS) is 11.2. The van der Waals surface area contributed by atoms with Gasteiger partial charge < -0.3 is 5.32 Å². The molecule has 0 amide bonds. The summed E-state index contributed by atoms with van der Waals surface area (Å²) in [5, 5.41) is 6.76. The van der Waals surface area contributed by atoms with E-state index < -0.39 is 10.0 Å². The number of nitrogens with one attached hydrogen (secondary N) is 2. The highest BCUT2D eigenvalue weighted by Gasteiger charge is 2.18. The Morgan fingerprint density at radius 3 is 2.50 bits per heavy atom. The van der Waals surface area contributed by atoms with Gasteiger partial charge in [0.25, 0.3) is 0 Å². The fraction of sp³-hybridized carbons (Fsp3) is 0.625. The Balaban J connectivity index is 0.00000225. The van der Waals surface area contributed by atoms with Crippen molar-refractivity contribution in [2.75, 3.05) is 20.1 Å². The van der Waals surface area contributed by atoms with Crippen LogP contribution in [0.25, 0.3) is 0 Å². The topological polar surface area (TPSA) is 76.0 Å². The first-order chi connectivity index (χ1) is 6.99. The van der Waals surface area contributed by atoms with Crippen LogP contribution in [0.1, 0.15) is 5.69 Å². The molecule has 0 atom stereocenters. The molecule has 0 bridgehead atoms. The Morgan fingerprint density at radius 2 is 2.06 bits per heavy atom. The van der Waals surface area contributed by atoms with Gasteiger partial charge in [-0.05, 0) is 14.0 Å². The molecule has 1 heterocycles. The van der Waals surface area contributed by atoms with Gasteiger partial charge in [-0.3, -0.25) is 4.68 Å². The quantitative estimate of drug-likeness (QED) is 0.716. The first-order valence-electron chi connectivity index (χ1n) is 4.62. The number of halogens is 1. The van der Waals surface area contributed by atoms with Crippen molar-refractivity contribution in [1.82, 2.24) is 19.8 Å². The van der Waals surface area contributed by atoms with Crippen LogP contribution in [-0.4, -0.2) is 38.3 Å². The predicted molar refractivity (Wildman–Crippen MR) is 64.3 cm³/mol. The second-order valence-electron chi connectivity index (χ2n) is 3.22. The summed E-state index contributed by atoms with van der Waals surface area (Å²) in [4.78, 5) is 0.237. The molecule has 0 spiro atoms. The highest BCUT2D eigenvalue weighted by Crippen LogP contribution is 2.12. The van der Waals surface area contributed by atoms with Gasteiger partial charge in [-0.2, -0.15) is 5.10 Å². The number of hydrogen-bond donors (Lipinski definition) is 2. The van der Waals surface area contributed by atoms with Crippen molar-refractivity contribution in [1.29, 1.82) is 0 Å². The summed E-state index contributed by atoms with van der Waals surface area (Å²) >= 11 is 0. The lowest BCUT2D eigenvalue weighted by molar-refractivity contribution is 0.578. The van der Waals surface area contributed by atoms with Crippen molar-refractivity contribution in [3.63, 3.8) is 0 Å². The number of sulfonamides is 1. The minimum atomic E-state index is -3.42. The smallest absolute Gasteiger partial charge is 0.244 e. The predicted octanol–water partition coefficient (Wildman–Crippen LogP) is -0.352. The first kappa shape index (κ1) is 15.4. The van der Waals surface area contributed by atoms with Crippen molar-refractivity contribution in [3.05, 3.63) is 11.9 Å². The van der Waals surface area contributed by atoms with Crippen molar-refractivity contribution in [2.45, 2.75) is 11.8 Å². The maximum absolute atomic E-state index is 11.7. The van der Waals surface area contributed by atoms with E-state index in [-0.39, 0.29) is 17.3 Å². The van der Waals surface area contributed by atoms with Gasteiger partial charge in [-0.1, -0.05) is 0 Å². The van der Waals surface area contributed by atoms with Gasteiger partial charge in [-0.15, -0.1) is 12.4 Å². The fourth-order valence-electron chi connectivity index (χ4n) is 1.13. The van der Waals surface area contributed by atoms with Gasteiger partial charge in [0.15, 0.2) is 0 Å². The Labute approximate surface area is 102 Å². The molecular weight excluding hydrogens is 252 g/mol. The van der Waals surface area contributed by atoms with Crippen molar-refractivity contribution in [3.8, 4) is 0 Å². The van der Waals surface area contributed by atoms with Crippen molar-refractivity contribution in [2.24, 2.45) is 7.05 Å². The maximum Gasteiger partial charge on any atom is 0.244 e. The molecule has 16 heavy (non-hydrogen) atoms. The zero-order valence-corrected chi connectivity index (χ0v) is 11.2. The van der Waals surface area contributed by atoms with Gasteiger partial charge in [0.1, 0.15) is 4.90 Å². The average molecular weight is 269 g/mol. The number of rotatable bonds is 5. The highest BCUT2D eigenvalue weighted by molar-refractivity contribution is 7.89. The number of hydrogen-bond acceptors (Lipinski definition) is 4. The molecule has 1 aromatic heterocycles. The van der Waals surface area contributed by atoms with Crippen molar-refractivity contribution < 1.29 is 8.42 Å². The minimum Gasteiger partial charge on any atom is -0.318 e. The van der Waals surface area contributed by atoms with E-state index >= 15 is 0 Å². The Bertz CT molecular complexity index is 429. The molecule has 94 valence electrons. The number of nitrogens with zero attached hydrogens (tertiary/aromatic N) is 2. The van der Waals surface area contributed by atoms with Crippen LogP contribution in [0.3, 0.4) is 0 Å². The van der Waals surface area contributed by atoms with Crippen LogP contribution < -0.4 is 10.0 Å². The van der Waals surface area contributed by atoms with Crippen molar-refractivity contribution >= 4 is 22.4 Å². The molecule has 6 nitrogen and oxygen atoms in total. The van der Waals surface area contributed by atoms with E-state index in [4.69, 9.17) is 0 Å². The van der Waals surface area contributed by atoms with E-state index in [1.54, 1.807) is 21.0 Å². The van der Waals surface area contributed by atoms with Crippen LogP contribution in [0.2, 0.25) is 0 Å². The van der Waals surface area contributed by atoms with E-state index in [0.29, 0.717) is 18.8 Å². The summed E-state index contributed by atoms with van der Waals surface area (Å²) < 4.78 is 27.5. The van der Waals surface area contributed by atoms with Crippen LogP contribution in [-0.2, 0) is 17.1 Å². The second-order valence-corrected chi connectivity index (χ2v) is 4.95. The average Bonchev–Trinajstić information content (AvgIpc) is 2.48. The lowest BCUT2D eigenvalue weighted by Crippen LogP contribution is -2.30. The molecule has 1 aromatic rings. The van der Waals surface area contributed by atoms with Crippen LogP contribution in [0.4, 0.5) is 0 Å². The second kappa shape index (κ2) is 6.19. The fourth-order valence-corrected chi connectivity index (χ4v) is 2.36. The molecule has 0 unspecified atom stereocenters. The molecule has 0 aliphatic rings. The zero-order chi connectivity index (χ0) is 11.5. The third-order valence-corrected chi connectivity index (χ3v) is 3.71. The number of likely N-dealkylation sites (N-methyl/N-ethyl adjacent to an activating group) is 1. The first-order valence-corrected chi connectivity index (χ1v) is 6.10. The number of aromatic nitrogens is 2. The largest absolute Gasteiger partial charge is 0.318 e. The SMILES string of the molecule is CNCCNS(=O)(=O)c1cnn(C)c1C.Cl. The third-order valence-electron chi connectivity index (χ3n) is 2.15. The zero-order valence-electron chi connectivity index (χ0n) is 9.52. The minimum absolute atomic E-state index is 0. The molecule has 2 N–H and O–H groups in total.